The van der Waals surface area contributed by atoms with Crippen LogP contribution in [0, 0.1) is 0 Å². The van der Waals surface area contributed by atoms with E-state index in [1.54, 1.807) is 11.9 Å². The van der Waals surface area contributed by atoms with Crippen molar-refractivity contribution in [3.8, 4) is 0 Å². The lowest BCUT2D eigenvalue weighted by Gasteiger charge is -2.05. The molecule has 0 bridgehead atoms. The Labute approximate surface area is 35.6 Å². The summed E-state index contributed by atoms with van der Waals surface area (Å²) in [6, 6.07) is 0. The Morgan fingerprint density at radius 1 is 2.00 bits per heavy atom. The summed E-state index contributed by atoms with van der Waals surface area (Å²) < 4.78 is 3.79. The van der Waals surface area contributed by atoms with Gasteiger partial charge in [-0.2, -0.15) is 0 Å². The van der Waals surface area contributed by atoms with E-state index in [2.05, 4.69) is 11.3 Å². The maximum absolute atomic E-state index is 3.79. The van der Waals surface area contributed by atoms with E-state index in [1.165, 1.54) is 0 Å². The van der Waals surface area contributed by atoms with Crippen LogP contribution in [0.1, 0.15) is 6.92 Å². The average Bonchev–Trinajstić information content (AvgIpc) is 1.30. The number of hydrogen-bond donors (Lipinski definition) is 0. The molecule has 0 aromatic carbocycles. The lowest BCUT2D eigenvalue weighted by molar-refractivity contribution is 1.31. The van der Waals surface area contributed by atoms with Crippen LogP contribution in [0.15, 0.2) is 4.40 Å². The van der Waals surface area contributed by atoms with Gasteiger partial charge in [0.1, 0.15) is 0 Å². The number of hydrogen-bond acceptors (Lipinski definition) is 2. The van der Waals surface area contributed by atoms with E-state index in [1.807, 2.05) is 6.21 Å². The molecule has 0 fully saturated rings. The van der Waals surface area contributed by atoms with Crippen LogP contribution in [-0.2, 0) is 0 Å². The van der Waals surface area contributed by atoms with Crippen LogP contribution in [0.2, 0.25) is 0 Å². The molecule has 1 unspecified atom stereocenters. The molecule has 1 rings (SSSR count). The first-order valence-electron chi connectivity index (χ1n) is 1.59. The quantitative estimate of drug-likeness (QED) is 0.403. The van der Waals surface area contributed by atoms with E-state index in [0.29, 0.717) is 5.25 Å². The predicted octanol–water partition coefficient (Wildman–Crippen LogP) is 1.11. The molecule has 0 amide bonds. The molecule has 1 aliphatic rings. The average molecular weight is 87.1 g/mol. The van der Waals surface area contributed by atoms with Gasteiger partial charge in [-0.3, -0.25) is 0 Å². The topological polar surface area (TPSA) is 12.4 Å². The Hall–Kier alpha value is 0.0200. The van der Waals surface area contributed by atoms with Gasteiger partial charge in [0, 0.05) is 6.21 Å². The summed E-state index contributed by atoms with van der Waals surface area (Å²) in [7, 11) is 0. The highest BCUT2D eigenvalue weighted by molar-refractivity contribution is 8.01. The molecule has 0 saturated heterocycles. The second kappa shape index (κ2) is 1.01. The van der Waals surface area contributed by atoms with Crippen LogP contribution in [0.4, 0.5) is 0 Å². The van der Waals surface area contributed by atoms with Crippen molar-refractivity contribution < 1.29 is 0 Å². The molecular weight excluding hydrogens is 82.1 g/mol. The largest absolute Gasteiger partial charge is 0.227 e. The Kier molecular flexibility index (Phi) is 0.651. The standard InChI is InChI=1S/C3H5NS/c1-3-2-4-5-3/h2-3H,1H3. The summed E-state index contributed by atoms with van der Waals surface area (Å²) in [5, 5.41) is 0.690. The second-order valence-corrected chi connectivity index (χ2v) is 2.23. The number of rotatable bonds is 0. The first-order valence-corrected chi connectivity index (χ1v) is 2.42. The monoisotopic (exact) mass is 87.0 g/mol. The van der Waals surface area contributed by atoms with Crippen LogP contribution in [0.5, 0.6) is 0 Å². The Morgan fingerprint density at radius 3 is 2.40 bits per heavy atom. The molecule has 0 spiro atoms. The fraction of sp³-hybridized carbons (Fsp3) is 0.667. The molecule has 1 nitrogen and oxygen atoms in total. The smallest absolute Gasteiger partial charge is 0.0598 e. The van der Waals surface area contributed by atoms with Gasteiger partial charge in [-0.1, -0.05) is 0 Å². The molecule has 2 heteroatoms. The maximum Gasteiger partial charge on any atom is 0.0598 e. The zero-order chi connectivity index (χ0) is 3.70. The lowest BCUT2D eigenvalue weighted by Crippen LogP contribution is -2.02. The normalized spacial score (nSPS) is 33.4. The predicted molar refractivity (Wildman–Crippen MR) is 25.5 cm³/mol. The molecule has 28 valence electrons. The Bertz CT molecular complexity index is 59.9. The molecular formula is C3H5NS. The molecule has 0 aromatic rings. The molecule has 5 heavy (non-hydrogen) atoms. The zero-order valence-corrected chi connectivity index (χ0v) is 3.83. The highest BCUT2D eigenvalue weighted by atomic mass is 32.2. The van der Waals surface area contributed by atoms with Crippen molar-refractivity contribution in [3.63, 3.8) is 0 Å². The van der Waals surface area contributed by atoms with Gasteiger partial charge < -0.3 is 0 Å². The molecule has 1 atom stereocenters. The van der Waals surface area contributed by atoms with Crippen molar-refractivity contribution in [2.75, 3.05) is 0 Å². The molecule has 0 N–H and O–H groups in total. The van der Waals surface area contributed by atoms with Gasteiger partial charge in [0.05, 0.1) is 5.25 Å². The molecule has 0 saturated carbocycles. The van der Waals surface area contributed by atoms with Crippen LogP contribution in [0.3, 0.4) is 0 Å². The van der Waals surface area contributed by atoms with Crippen molar-refractivity contribution in [2.45, 2.75) is 12.2 Å². The third-order valence-electron chi connectivity index (χ3n) is 0.498. The molecule has 1 aliphatic heterocycles. The molecule has 1 heterocycles. The fourth-order valence-corrected chi connectivity index (χ4v) is 0.548. The van der Waals surface area contributed by atoms with E-state index < -0.39 is 0 Å². The minimum Gasteiger partial charge on any atom is -0.227 e. The number of nitrogens with zero attached hydrogens (tertiary/aromatic N) is 1. The van der Waals surface area contributed by atoms with E-state index in [-0.39, 0.29) is 0 Å². The van der Waals surface area contributed by atoms with Crippen molar-refractivity contribution in [1.29, 1.82) is 0 Å². The van der Waals surface area contributed by atoms with E-state index in [9.17, 15) is 0 Å². The van der Waals surface area contributed by atoms with E-state index in [4.69, 9.17) is 0 Å². The first-order chi connectivity index (χ1) is 2.39. The van der Waals surface area contributed by atoms with Gasteiger partial charge in [-0.15, -0.1) is 0 Å². The fourth-order valence-electron chi connectivity index (χ4n) is 0.183. The lowest BCUT2D eigenvalue weighted by atomic mass is 10.5. The van der Waals surface area contributed by atoms with Crippen molar-refractivity contribution in [1.82, 2.24) is 0 Å². The summed E-state index contributed by atoms with van der Waals surface area (Å²) in [4.78, 5) is 0. The van der Waals surface area contributed by atoms with E-state index >= 15 is 0 Å². The van der Waals surface area contributed by atoms with Gasteiger partial charge in [0.25, 0.3) is 0 Å². The third-order valence-corrected chi connectivity index (χ3v) is 1.20. The van der Waals surface area contributed by atoms with E-state index in [0.717, 1.165) is 0 Å². The minimum absolute atomic E-state index is 0.690. The summed E-state index contributed by atoms with van der Waals surface area (Å²) in [5.41, 5.74) is 0. The van der Waals surface area contributed by atoms with Crippen molar-refractivity contribution in [3.05, 3.63) is 0 Å². The van der Waals surface area contributed by atoms with Gasteiger partial charge in [-0.05, 0) is 18.9 Å². The maximum atomic E-state index is 3.79. The first kappa shape index (κ1) is 3.22. The van der Waals surface area contributed by atoms with Crippen molar-refractivity contribution >= 4 is 18.2 Å². The van der Waals surface area contributed by atoms with Crippen LogP contribution in [0.25, 0.3) is 0 Å². The SMILES string of the molecule is CC1C=NS1. The van der Waals surface area contributed by atoms with Gasteiger partial charge >= 0.3 is 0 Å². The third kappa shape index (κ3) is 0.453. The molecule has 0 aromatic heterocycles. The van der Waals surface area contributed by atoms with Gasteiger partial charge in [-0.25, -0.2) is 4.40 Å². The van der Waals surface area contributed by atoms with Gasteiger partial charge in [0.2, 0.25) is 0 Å². The molecule has 0 aliphatic carbocycles. The Balaban J connectivity index is 2.39. The summed E-state index contributed by atoms with van der Waals surface area (Å²) >= 11 is 1.63. The van der Waals surface area contributed by atoms with Crippen LogP contribution >= 0.6 is 11.9 Å². The van der Waals surface area contributed by atoms with Crippen molar-refractivity contribution in [2.24, 2.45) is 4.40 Å². The second-order valence-electron chi connectivity index (χ2n) is 1.07. The highest BCUT2D eigenvalue weighted by Gasteiger charge is 2.02. The summed E-state index contributed by atoms with van der Waals surface area (Å²) in [6.07, 6.45) is 1.94. The zero-order valence-electron chi connectivity index (χ0n) is 3.01. The van der Waals surface area contributed by atoms with Gasteiger partial charge in [0.15, 0.2) is 0 Å². The van der Waals surface area contributed by atoms with Crippen LogP contribution in [-0.4, -0.2) is 11.5 Å². The summed E-state index contributed by atoms with van der Waals surface area (Å²) in [5.74, 6) is 0. The highest BCUT2D eigenvalue weighted by Crippen LogP contribution is 2.17. The van der Waals surface area contributed by atoms with Crippen LogP contribution < -0.4 is 0 Å². The molecule has 0 radical (unpaired) electrons. The Morgan fingerprint density at radius 2 is 2.40 bits per heavy atom. The summed E-state index contributed by atoms with van der Waals surface area (Å²) in [6.45, 7) is 2.12. The minimum atomic E-state index is 0.690.